The molecule has 2 aromatic heterocycles. The second kappa shape index (κ2) is 9.08. The maximum atomic E-state index is 12.8. The standard InChI is InChI=1S/C23H22ClN3O3S/c1-14(2)9-10-30-18-8-7-15(11-19(18)29-3)12-20-22(28)27-23(31-20)25-21(26-27)16-5-4-6-17(24)13-16/h4-8,11-14H,9-10H2,1-3H3/b20-12-. The van der Waals surface area contributed by atoms with E-state index < -0.39 is 0 Å². The second-order valence-corrected chi connectivity index (χ2v) is 8.94. The number of halogens is 1. The van der Waals surface area contributed by atoms with Crippen LogP contribution >= 0.6 is 22.9 Å². The molecular weight excluding hydrogens is 434 g/mol. The van der Waals surface area contributed by atoms with Gasteiger partial charge in [-0.2, -0.15) is 9.50 Å². The van der Waals surface area contributed by atoms with Gasteiger partial charge in [0.2, 0.25) is 4.96 Å². The predicted molar refractivity (Wildman–Crippen MR) is 124 cm³/mol. The fraction of sp³-hybridized carbons (Fsp3) is 0.261. The van der Waals surface area contributed by atoms with E-state index in [9.17, 15) is 4.79 Å². The molecule has 8 heteroatoms. The van der Waals surface area contributed by atoms with Crippen molar-refractivity contribution < 1.29 is 9.47 Å². The van der Waals surface area contributed by atoms with Gasteiger partial charge in [0.25, 0.3) is 5.56 Å². The molecule has 2 aromatic carbocycles. The van der Waals surface area contributed by atoms with Crippen molar-refractivity contribution in [1.29, 1.82) is 0 Å². The number of fused-ring (bicyclic) bond motifs is 1. The van der Waals surface area contributed by atoms with Gasteiger partial charge in [-0.3, -0.25) is 4.79 Å². The molecule has 0 aliphatic carbocycles. The van der Waals surface area contributed by atoms with Gasteiger partial charge in [0.05, 0.1) is 18.2 Å². The van der Waals surface area contributed by atoms with Crippen LogP contribution in [0.3, 0.4) is 0 Å². The molecule has 0 atom stereocenters. The molecule has 4 rings (SSSR count). The Kier molecular flexibility index (Phi) is 6.25. The molecule has 0 radical (unpaired) electrons. The first-order valence-corrected chi connectivity index (χ1v) is 11.1. The van der Waals surface area contributed by atoms with Gasteiger partial charge in [-0.25, -0.2) is 0 Å². The number of ether oxygens (including phenoxy) is 2. The monoisotopic (exact) mass is 455 g/mol. The summed E-state index contributed by atoms with van der Waals surface area (Å²) in [5, 5.41) is 4.96. The van der Waals surface area contributed by atoms with Crippen molar-refractivity contribution in [1.82, 2.24) is 14.6 Å². The van der Waals surface area contributed by atoms with Crippen molar-refractivity contribution in [2.24, 2.45) is 5.92 Å². The number of aromatic nitrogens is 3. The van der Waals surface area contributed by atoms with Gasteiger partial charge < -0.3 is 9.47 Å². The molecule has 0 aliphatic heterocycles. The van der Waals surface area contributed by atoms with E-state index >= 15 is 0 Å². The van der Waals surface area contributed by atoms with Crippen LogP contribution < -0.4 is 19.6 Å². The van der Waals surface area contributed by atoms with Gasteiger partial charge in [-0.05, 0) is 48.2 Å². The van der Waals surface area contributed by atoms with E-state index in [0.717, 1.165) is 17.5 Å². The van der Waals surface area contributed by atoms with Crippen molar-refractivity contribution in [2.45, 2.75) is 20.3 Å². The molecule has 0 bridgehead atoms. The van der Waals surface area contributed by atoms with Crippen LogP contribution in [-0.4, -0.2) is 28.3 Å². The minimum atomic E-state index is -0.211. The number of hydrogen-bond acceptors (Lipinski definition) is 6. The van der Waals surface area contributed by atoms with Gasteiger partial charge in [0.15, 0.2) is 17.3 Å². The molecule has 0 unspecified atom stereocenters. The Morgan fingerprint density at radius 1 is 1.19 bits per heavy atom. The first-order valence-electron chi connectivity index (χ1n) is 9.92. The topological polar surface area (TPSA) is 65.7 Å². The number of hydrogen-bond donors (Lipinski definition) is 0. The quantitative estimate of drug-likeness (QED) is 0.412. The Hall–Kier alpha value is -2.90. The largest absolute Gasteiger partial charge is 0.493 e. The molecule has 0 N–H and O–H groups in total. The van der Waals surface area contributed by atoms with E-state index in [2.05, 4.69) is 23.9 Å². The summed E-state index contributed by atoms with van der Waals surface area (Å²) >= 11 is 7.34. The lowest BCUT2D eigenvalue weighted by Crippen LogP contribution is -2.23. The highest BCUT2D eigenvalue weighted by molar-refractivity contribution is 7.15. The van der Waals surface area contributed by atoms with Gasteiger partial charge in [0.1, 0.15) is 0 Å². The van der Waals surface area contributed by atoms with Crippen LogP contribution in [0.1, 0.15) is 25.8 Å². The average molecular weight is 456 g/mol. The summed E-state index contributed by atoms with van der Waals surface area (Å²) < 4.78 is 13.2. The number of methoxy groups -OCH3 is 1. The average Bonchev–Trinajstić information content (AvgIpc) is 3.28. The number of benzene rings is 2. The van der Waals surface area contributed by atoms with E-state index in [1.54, 1.807) is 19.2 Å². The van der Waals surface area contributed by atoms with E-state index in [1.807, 2.05) is 36.4 Å². The molecule has 0 amide bonds. The maximum Gasteiger partial charge on any atom is 0.291 e. The lowest BCUT2D eigenvalue weighted by atomic mass is 10.1. The normalized spacial score (nSPS) is 12.1. The highest BCUT2D eigenvalue weighted by atomic mass is 35.5. The third-order valence-electron chi connectivity index (χ3n) is 4.70. The van der Waals surface area contributed by atoms with Crippen molar-refractivity contribution in [2.75, 3.05) is 13.7 Å². The van der Waals surface area contributed by atoms with E-state index in [4.69, 9.17) is 21.1 Å². The van der Waals surface area contributed by atoms with Crippen LogP contribution in [0, 0.1) is 5.92 Å². The van der Waals surface area contributed by atoms with Gasteiger partial charge in [-0.1, -0.05) is 55.0 Å². The van der Waals surface area contributed by atoms with Gasteiger partial charge >= 0.3 is 0 Å². The molecule has 0 spiro atoms. The summed E-state index contributed by atoms with van der Waals surface area (Å²) in [6.07, 6.45) is 2.78. The zero-order chi connectivity index (χ0) is 22.0. The zero-order valence-electron chi connectivity index (χ0n) is 17.5. The van der Waals surface area contributed by atoms with Crippen LogP contribution in [0.4, 0.5) is 0 Å². The van der Waals surface area contributed by atoms with Crippen LogP contribution in [0.5, 0.6) is 11.5 Å². The van der Waals surface area contributed by atoms with E-state index in [0.29, 0.717) is 44.4 Å². The van der Waals surface area contributed by atoms with Crippen LogP contribution in [0.25, 0.3) is 22.4 Å². The molecule has 0 fully saturated rings. The first kappa shape index (κ1) is 21.3. The van der Waals surface area contributed by atoms with Gasteiger partial charge in [-0.15, -0.1) is 5.10 Å². The van der Waals surface area contributed by atoms with Crippen molar-refractivity contribution in [3.63, 3.8) is 0 Å². The molecule has 160 valence electrons. The highest BCUT2D eigenvalue weighted by Gasteiger charge is 2.13. The minimum Gasteiger partial charge on any atom is -0.493 e. The van der Waals surface area contributed by atoms with E-state index in [1.165, 1.54) is 15.9 Å². The maximum absolute atomic E-state index is 12.8. The highest BCUT2D eigenvalue weighted by Crippen LogP contribution is 2.29. The summed E-state index contributed by atoms with van der Waals surface area (Å²) in [6.45, 7) is 4.94. The second-order valence-electron chi connectivity index (χ2n) is 7.50. The molecule has 31 heavy (non-hydrogen) atoms. The van der Waals surface area contributed by atoms with Crippen molar-refractivity contribution in [3.05, 3.63) is 67.9 Å². The Balaban J connectivity index is 1.64. The molecule has 0 saturated carbocycles. The summed E-state index contributed by atoms with van der Waals surface area (Å²) in [6, 6.07) is 12.9. The number of rotatable bonds is 7. The fourth-order valence-corrected chi connectivity index (χ4v) is 4.13. The summed E-state index contributed by atoms with van der Waals surface area (Å²) in [7, 11) is 1.61. The van der Waals surface area contributed by atoms with Crippen LogP contribution in [-0.2, 0) is 0 Å². The lowest BCUT2D eigenvalue weighted by Gasteiger charge is -2.12. The van der Waals surface area contributed by atoms with Crippen LogP contribution in [0.2, 0.25) is 5.02 Å². The molecule has 0 aliphatic rings. The third-order valence-corrected chi connectivity index (χ3v) is 5.90. The van der Waals surface area contributed by atoms with Crippen LogP contribution in [0.15, 0.2) is 47.3 Å². The number of nitrogens with zero attached hydrogens (tertiary/aromatic N) is 3. The SMILES string of the molecule is COc1cc(/C=c2\sc3nc(-c4cccc(Cl)c4)nn3c2=O)ccc1OCCC(C)C. The summed E-state index contributed by atoms with van der Waals surface area (Å²) in [4.78, 5) is 17.9. The molecule has 4 aromatic rings. The fourth-order valence-electron chi connectivity index (χ4n) is 3.03. The smallest absolute Gasteiger partial charge is 0.291 e. The zero-order valence-corrected chi connectivity index (χ0v) is 19.0. The van der Waals surface area contributed by atoms with Gasteiger partial charge in [0, 0.05) is 10.6 Å². The summed E-state index contributed by atoms with van der Waals surface area (Å²) in [5.41, 5.74) is 1.40. The Labute approximate surface area is 188 Å². The number of thiazole rings is 1. The summed E-state index contributed by atoms with van der Waals surface area (Å²) in [5.74, 6) is 2.37. The Bertz CT molecular complexity index is 1330. The first-order chi connectivity index (χ1) is 14.9. The third kappa shape index (κ3) is 4.73. The van der Waals surface area contributed by atoms with Crippen molar-refractivity contribution >= 4 is 34.0 Å². The van der Waals surface area contributed by atoms with E-state index in [-0.39, 0.29) is 5.56 Å². The molecular formula is C23H22ClN3O3S. The molecule has 0 saturated heterocycles. The predicted octanol–water partition coefficient (Wildman–Crippen LogP) is 4.45. The Morgan fingerprint density at radius 3 is 2.74 bits per heavy atom. The molecule has 2 heterocycles. The Morgan fingerprint density at radius 2 is 2.03 bits per heavy atom. The minimum absolute atomic E-state index is 0.211. The van der Waals surface area contributed by atoms with Crippen molar-refractivity contribution in [3.8, 4) is 22.9 Å². The lowest BCUT2D eigenvalue weighted by molar-refractivity contribution is 0.273. The molecule has 6 nitrogen and oxygen atoms in total.